The first-order valence-electron chi connectivity index (χ1n) is 4.46. The predicted octanol–water partition coefficient (Wildman–Crippen LogP) is 2.18. The lowest BCUT2D eigenvalue weighted by Gasteiger charge is -2.02. The van der Waals surface area contributed by atoms with Gasteiger partial charge in [-0.25, -0.2) is 0 Å². The second-order valence-corrected chi connectivity index (χ2v) is 2.91. The third-order valence-corrected chi connectivity index (χ3v) is 1.82. The first-order chi connectivity index (χ1) is 7.75. The molecule has 1 heterocycles. The van der Waals surface area contributed by atoms with Crippen LogP contribution in [0, 0.1) is 10.1 Å². The van der Waals surface area contributed by atoms with Gasteiger partial charge in [-0.3, -0.25) is 10.1 Å². The molecule has 0 N–H and O–H groups in total. The molecule has 2 aromatic rings. The average Bonchev–Trinajstić information content (AvgIpc) is 2.31. The Morgan fingerprint density at radius 3 is 2.50 bits per heavy atom. The molecule has 16 heavy (non-hydrogen) atoms. The Morgan fingerprint density at radius 2 is 1.94 bits per heavy atom. The van der Waals surface area contributed by atoms with E-state index in [-0.39, 0.29) is 5.69 Å². The average molecular weight is 217 g/mol. The number of hydrogen-bond donors (Lipinski definition) is 0. The van der Waals surface area contributed by atoms with Gasteiger partial charge in [-0.1, -0.05) is 0 Å². The molecule has 1 aromatic carbocycles. The molecule has 6 heteroatoms. The largest absolute Gasteiger partial charge is 0.438 e. The first-order valence-corrected chi connectivity index (χ1v) is 4.46. The summed E-state index contributed by atoms with van der Waals surface area (Å²) >= 11 is 0. The van der Waals surface area contributed by atoms with Crippen molar-refractivity contribution in [1.82, 2.24) is 10.2 Å². The number of nitro benzene ring substituents is 1. The molecule has 2 rings (SSSR count). The maximum absolute atomic E-state index is 10.4. The second-order valence-electron chi connectivity index (χ2n) is 2.91. The highest BCUT2D eigenvalue weighted by atomic mass is 16.6. The summed E-state index contributed by atoms with van der Waals surface area (Å²) in [7, 11) is 0. The number of rotatable bonds is 3. The van der Waals surface area contributed by atoms with E-state index >= 15 is 0 Å². The summed E-state index contributed by atoms with van der Waals surface area (Å²) < 4.78 is 5.32. The van der Waals surface area contributed by atoms with Crippen LogP contribution in [0.3, 0.4) is 0 Å². The van der Waals surface area contributed by atoms with Gasteiger partial charge >= 0.3 is 0 Å². The van der Waals surface area contributed by atoms with Crippen molar-refractivity contribution < 1.29 is 9.66 Å². The molecule has 0 aliphatic heterocycles. The fourth-order valence-corrected chi connectivity index (χ4v) is 1.10. The van der Waals surface area contributed by atoms with Crippen molar-refractivity contribution in [2.75, 3.05) is 0 Å². The van der Waals surface area contributed by atoms with Crippen molar-refractivity contribution in [3.05, 3.63) is 52.7 Å². The predicted molar refractivity (Wildman–Crippen MR) is 55.2 cm³/mol. The van der Waals surface area contributed by atoms with E-state index in [1.165, 1.54) is 30.5 Å². The molecular weight excluding hydrogens is 210 g/mol. The van der Waals surface area contributed by atoms with Crippen molar-refractivity contribution >= 4 is 5.69 Å². The fourth-order valence-electron chi connectivity index (χ4n) is 1.10. The van der Waals surface area contributed by atoms with Gasteiger partial charge in [0.15, 0.2) is 0 Å². The zero-order valence-corrected chi connectivity index (χ0v) is 8.11. The fraction of sp³-hybridized carbons (Fsp3) is 0. The Labute approximate surface area is 90.7 Å². The number of nitrogens with zero attached hydrogens (tertiary/aromatic N) is 3. The minimum Gasteiger partial charge on any atom is -0.438 e. The maximum atomic E-state index is 10.4. The van der Waals surface area contributed by atoms with Gasteiger partial charge in [0.1, 0.15) is 5.75 Å². The lowest BCUT2D eigenvalue weighted by atomic mass is 10.3. The van der Waals surface area contributed by atoms with Gasteiger partial charge in [-0.05, 0) is 18.2 Å². The van der Waals surface area contributed by atoms with Crippen LogP contribution in [0.2, 0.25) is 0 Å². The van der Waals surface area contributed by atoms with Crippen LogP contribution < -0.4 is 4.74 Å². The van der Waals surface area contributed by atoms with Gasteiger partial charge in [-0.2, -0.15) is 5.10 Å². The molecule has 0 aliphatic rings. The smallest absolute Gasteiger partial charge is 0.269 e. The summed E-state index contributed by atoms with van der Waals surface area (Å²) in [4.78, 5) is 9.95. The SMILES string of the molecule is O=[N+]([O-])c1ccc(Oc2cccnn2)cc1. The molecule has 0 spiro atoms. The van der Waals surface area contributed by atoms with Crippen LogP contribution in [-0.2, 0) is 0 Å². The summed E-state index contributed by atoms with van der Waals surface area (Å²) in [6.45, 7) is 0. The molecule has 0 bridgehead atoms. The Bertz CT molecular complexity index is 484. The summed E-state index contributed by atoms with van der Waals surface area (Å²) in [6, 6.07) is 9.08. The van der Waals surface area contributed by atoms with E-state index in [0.29, 0.717) is 11.6 Å². The van der Waals surface area contributed by atoms with E-state index in [1.807, 2.05) is 0 Å². The molecule has 0 saturated heterocycles. The van der Waals surface area contributed by atoms with E-state index < -0.39 is 4.92 Å². The molecule has 0 radical (unpaired) electrons. The van der Waals surface area contributed by atoms with E-state index in [4.69, 9.17) is 4.74 Å². The topological polar surface area (TPSA) is 78.2 Å². The van der Waals surface area contributed by atoms with Crippen LogP contribution in [0.1, 0.15) is 0 Å². The second kappa shape index (κ2) is 4.35. The number of benzene rings is 1. The number of nitro groups is 1. The Hall–Kier alpha value is -2.50. The first kappa shape index (κ1) is 10.0. The molecule has 0 fully saturated rings. The van der Waals surface area contributed by atoms with Crippen LogP contribution in [0.15, 0.2) is 42.6 Å². The van der Waals surface area contributed by atoms with Crippen LogP contribution in [0.25, 0.3) is 0 Å². The zero-order chi connectivity index (χ0) is 11.4. The van der Waals surface area contributed by atoms with Crippen molar-refractivity contribution in [1.29, 1.82) is 0 Å². The van der Waals surface area contributed by atoms with Gasteiger partial charge in [-0.15, -0.1) is 5.10 Å². The molecule has 6 nitrogen and oxygen atoms in total. The van der Waals surface area contributed by atoms with Crippen molar-refractivity contribution in [3.8, 4) is 11.6 Å². The van der Waals surface area contributed by atoms with Crippen molar-refractivity contribution in [3.63, 3.8) is 0 Å². The van der Waals surface area contributed by atoms with E-state index in [0.717, 1.165) is 0 Å². The quantitative estimate of drug-likeness (QED) is 0.581. The number of non-ortho nitro benzene ring substituents is 1. The summed E-state index contributed by atoms with van der Waals surface area (Å²) in [5.74, 6) is 0.822. The molecule has 0 amide bonds. The summed E-state index contributed by atoms with van der Waals surface area (Å²) in [5.41, 5.74) is 0.0199. The number of hydrogen-bond acceptors (Lipinski definition) is 5. The van der Waals surface area contributed by atoms with E-state index in [1.54, 1.807) is 12.1 Å². The highest BCUT2D eigenvalue weighted by molar-refractivity contribution is 5.37. The van der Waals surface area contributed by atoms with Gasteiger partial charge in [0.25, 0.3) is 5.69 Å². The minimum atomic E-state index is -0.466. The van der Waals surface area contributed by atoms with E-state index in [9.17, 15) is 10.1 Å². The highest BCUT2D eigenvalue weighted by Crippen LogP contribution is 2.21. The summed E-state index contributed by atoms with van der Waals surface area (Å²) in [6.07, 6.45) is 1.53. The van der Waals surface area contributed by atoms with E-state index in [2.05, 4.69) is 10.2 Å². The van der Waals surface area contributed by atoms with Crippen LogP contribution >= 0.6 is 0 Å². The Balaban J connectivity index is 2.14. The lowest BCUT2D eigenvalue weighted by Crippen LogP contribution is -1.90. The molecule has 1 aromatic heterocycles. The van der Waals surface area contributed by atoms with Crippen molar-refractivity contribution in [2.24, 2.45) is 0 Å². The highest BCUT2D eigenvalue weighted by Gasteiger charge is 2.05. The standard InChI is InChI=1S/C10H7N3O3/c14-13(15)8-3-5-9(6-4-8)16-10-2-1-7-11-12-10/h1-7H. The van der Waals surface area contributed by atoms with Crippen LogP contribution in [0.5, 0.6) is 11.6 Å². The van der Waals surface area contributed by atoms with Crippen molar-refractivity contribution in [2.45, 2.75) is 0 Å². The molecule has 0 atom stereocenters. The molecule has 0 saturated carbocycles. The molecule has 80 valence electrons. The zero-order valence-electron chi connectivity index (χ0n) is 8.11. The minimum absolute atomic E-state index is 0.0199. The van der Waals surface area contributed by atoms with Crippen LogP contribution in [0.4, 0.5) is 5.69 Å². The monoisotopic (exact) mass is 217 g/mol. The number of ether oxygens (including phenoxy) is 1. The van der Waals surface area contributed by atoms with Gasteiger partial charge in [0.05, 0.1) is 4.92 Å². The third-order valence-electron chi connectivity index (χ3n) is 1.82. The third kappa shape index (κ3) is 2.30. The Morgan fingerprint density at radius 1 is 1.19 bits per heavy atom. The summed E-state index contributed by atoms with van der Waals surface area (Å²) in [5, 5.41) is 17.8. The Kier molecular flexibility index (Phi) is 2.73. The normalized spacial score (nSPS) is 9.75. The lowest BCUT2D eigenvalue weighted by molar-refractivity contribution is -0.384. The van der Waals surface area contributed by atoms with Gasteiger partial charge in [0.2, 0.25) is 5.88 Å². The molecule has 0 unspecified atom stereocenters. The van der Waals surface area contributed by atoms with Gasteiger partial charge in [0, 0.05) is 24.4 Å². The molecule has 0 aliphatic carbocycles. The maximum Gasteiger partial charge on any atom is 0.269 e. The van der Waals surface area contributed by atoms with Gasteiger partial charge < -0.3 is 4.74 Å². The van der Waals surface area contributed by atoms with Crippen LogP contribution in [-0.4, -0.2) is 15.1 Å². The molecular formula is C10H7N3O3. The number of aromatic nitrogens is 2.